The van der Waals surface area contributed by atoms with Gasteiger partial charge in [0.15, 0.2) is 0 Å². The maximum atomic E-state index is 11.2. The van der Waals surface area contributed by atoms with Crippen LogP contribution in [0.15, 0.2) is 24.5 Å². The Morgan fingerprint density at radius 1 is 1.47 bits per heavy atom. The molecule has 2 aromatic rings. The minimum atomic E-state index is -0.725. The number of carboxylic acids is 1. The molecule has 100 valence electrons. The molecule has 0 spiro atoms. The minimum Gasteiger partial charge on any atom is -0.480 e. The largest absolute Gasteiger partial charge is 0.480 e. The van der Waals surface area contributed by atoms with Crippen molar-refractivity contribution in [1.82, 2.24) is 14.3 Å². The second kappa shape index (κ2) is 4.66. The van der Waals surface area contributed by atoms with Crippen molar-refractivity contribution in [2.45, 2.75) is 32.4 Å². The number of hydrogen-bond acceptors (Lipinski definition) is 3. The third-order valence-electron chi connectivity index (χ3n) is 3.66. The Morgan fingerprint density at radius 2 is 2.32 bits per heavy atom. The first-order chi connectivity index (χ1) is 9.13. The van der Waals surface area contributed by atoms with E-state index in [1.54, 1.807) is 0 Å². The average Bonchev–Trinajstić information content (AvgIpc) is 2.95. The summed E-state index contributed by atoms with van der Waals surface area (Å²) in [5.41, 5.74) is 3.02. The highest BCUT2D eigenvalue weighted by molar-refractivity contribution is 5.73. The number of aliphatic carboxylic acids is 1. The van der Waals surface area contributed by atoms with Gasteiger partial charge in [0.05, 0.1) is 5.69 Å². The first-order valence-corrected chi connectivity index (χ1v) is 6.54. The van der Waals surface area contributed by atoms with Gasteiger partial charge >= 0.3 is 5.97 Å². The lowest BCUT2D eigenvalue weighted by Gasteiger charge is -2.19. The molecule has 1 aliphatic rings. The van der Waals surface area contributed by atoms with Crippen LogP contribution >= 0.6 is 0 Å². The number of fused-ring (bicyclic) bond motifs is 1. The van der Waals surface area contributed by atoms with E-state index in [1.165, 1.54) is 5.56 Å². The third-order valence-corrected chi connectivity index (χ3v) is 3.66. The Hall–Kier alpha value is -1.88. The van der Waals surface area contributed by atoms with E-state index in [2.05, 4.69) is 4.98 Å². The van der Waals surface area contributed by atoms with Crippen molar-refractivity contribution in [2.24, 2.45) is 0 Å². The second-order valence-electron chi connectivity index (χ2n) is 5.17. The quantitative estimate of drug-likeness (QED) is 0.911. The van der Waals surface area contributed by atoms with Crippen molar-refractivity contribution >= 4 is 11.6 Å². The SMILES string of the molecule is Cc1ccc2nc(CN3CCCC3C(=O)O)cn2c1. The van der Waals surface area contributed by atoms with Crippen LogP contribution in [0.3, 0.4) is 0 Å². The molecule has 0 bridgehead atoms. The minimum absolute atomic E-state index is 0.355. The van der Waals surface area contributed by atoms with Crippen LogP contribution in [-0.4, -0.2) is 37.9 Å². The van der Waals surface area contributed by atoms with Crippen molar-refractivity contribution < 1.29 is 9.90 Å². The normalized spacial score (nSPS) is 20.2. The van der Waals surface area contributed by atoms with Crippen LogP contribution in [0.2, 0.25) is 0 Å². The molecule has 1 atom stereocenters. The molecule has 1 saturated heterocycles. The van der Waals surface area contributed by atoms with E-state index in [9.17, 15) is 9.90 Å². The second-order valence-corrected chi connectivity index (χ2v) is 5.17. The number of aromatic nitrogens is 2. The lowest BCUT2D eigenvalue weighted by atomic mass is 10.2. The lowest BCUT2D eigenvalue weighted by Crippen LogP contribution is -2.35. The van der Waals surface area contributed by atoms with Gasteiger partial charge in [0.25, 0.3) is 0 Å². The number of imidazole rings is 1. The number of hydrogen-bond donors (Lipinski definition) is 1. The van der Waals surface area contributed by atoms with Gasteiger partial charge in [0, 0.05) is 18.9 Å². The van der Waals surface area contributed by atoms with E-state index in [0.29, 0.717) is 6.54 Å². The summed E-state index contributed by atoms with van der Waals surface area (Å²) in [5.74, 6) is -0.725. The monoisotopic (exact) mass is 259 g/mol. The van der Waals surface area contributed by atoms with E-state index in [-0.39, 0.29) is 6.04 Å². The number of carboxylic acid groups (broad SMARTS) is 1. The van der Waals surface area contributed by atoms with Gasteiger partial charge in [-0.25, -0.2) is 4.98 Å². The van der Waals surface area contributed by atoms with Gasteiger partial charge in [0.2, 0.25) is 0 Å². The van der Waals surface area contributed by atoms with Gasteiger partial charge in [-0.2, -0.15) is 0 Å². The van der Waals surface area contributed by atoms with Crippen LogP contribution in [0.25, 0.3) is 5.65 Å². The topological polar surface area (TPSA) is 57.8 Å². The van der Waals surface area contributed by atoms with Gasteiger partial charge < -0.3 is 9.51 Å². The molecule has 0 aromatic carbocycles. The Kier molecular flexibility index (Phi) is 2.98. The molecule has 0 amide bonds. The van der Waals surface area contributed by atoms with E-state index < -0.39 is 5.97 Å². The van der Waals surface area contributed by atoms with Crippen LogP contribution in [0.1, 0.15) is 24.1 Å². The van der Waals surface area contributed by atoms with Crippen LogP contribution < -0.4 is 0 Å². The summed E-state index contributed by atoms with van der Waals surface area (Å²) in [6, 6.07) is 3.66. The van der Waals surface area contributed by atoms with E-state index in [1.807, 2.05) is 40.8 Å². The number of carbonyl (C=O) groups is 1. The molecule has 1 aliphatic heterocycles. The number of likely N-dealkylation sites (tertiary alicyclic amines) is 1. The van der Waals surface area contributed by atoms with Crippen LogP contribution in [0, 0.1) is 6.92 Å². The molecule has 5 heteroatoms. The molecule has 2 aromatic heterocycles. The summed E-state index contributed by atoms with van der Waals surface area (Å²) in [6.07, 6.45) is 5.70. The molecule has 1 unspecified atom stereocenters. The standard InChI is InChI=1S/C14H17N3O2/c1-10-4-5-13-15-11(9-17(13)7-10)8-16-6-2-3-12(16)14(18)19/h4-5,7,9,12H,2-3,6,8H2,1H3,(H,18,19). The van der Waals surface area contributed by atoms with Crippen molar-refractivity contribution in [3.63, 3.8) is 0 Å². The number of aryl methyl sites for hydroxylation is 1. The predicted octanol–water partition coefficient (Wildman–Crippen LogP) is 1.69. The highest BCUT2D eigenvalue weighted by Gasteiger charge is 2.30. The smallest absolute Gasteiger partial charge is 0.320 e. The fourth-order valence-corrected chi connectivity index (χ4v) is 2.73. The fraction of sp³-hybridized carbons (Fsp3) is 0.429. The van der Waals surface area contributed by atoms with Crippen LogP contribution in [-0.2, 0) is 11.3 Å². The van der Waals surface area contributed by atoms with Gasteiger partial charge in [-0.3, -0.25) is 9.69 Å². The fourth-order valence-electron chi connectivity index (χ4n) is 2.73. The zero-order valence-electron chi connectivity index (χ0n) is 10.9. The van der Waals surface area contributed by atoms with Crippen LogP contribution in [0.4, 0.5) is 0 Å². The molecule has 0 radical (unpaired) electrons. The van der Waals surface area contributed by atoms with Gasteiger partial charge in [-0.15, -0.1) is 0 Å². The zero-order chi connectivity index (χ0) is 13.4. The van der Waals surface area contributed by atoms with Crippen molar-refractivity contribution in [2.75, 3.05) is 6.54 Å². The molecule has 19 heavy (non-hydrogen) atoms. The number of pyridine rings is 1. The highest BCUT2D eigenvalue weighted by atomic mass is 16.4. The van der Waals surface area contributed by atoms with Crippen molar-refractivity contribution in [3.05, 3.63) is 35.8 Å². The highest BCUT2D eigenvalue weighted by Crippen LogP contribution is 2.20. The molecule has 1 N–H and O–H groups in total. The molecule has 0 aliphatic carbocycles. The van der Waals surface area contributed by atoms with Gasteiger partial charge in [-0.05, 0) is 37.9 Å². The number of nitrogens with zero attached hydrogens (tertiary/aromatic N) is 3. The summed E-state index contributed by atoms with van der Waals surface area (Å²) in [4.78, 5) is 17.7. The molecular formula is C14H17N3O2. The lowest BCUT2D eigenvalue weighted by molar-refractivity contribution is -0.142. The average molecular weight is 259 g/mol. The maximum Gasteiger partial charge on any atom is 0.320 e. The summed E-state index contributed by atoms with van der Waals surface area (Å²) >= 11 is 0. The molecule has 1 fully saturated rings. The molecular weight excluding hydrogens is 242 g/mol. The Bertz CT molecular complexity index is 620. The molecule has 3 heterocycles. The first-order valence-electron chi connectivity index (χ1n) is 6.54. The summed E-state index contributed by atoms with van der Waals surface area (Å²) in [5, 5.41) is 9.17. The molecule has 5 nitrogen and oxygen atoms in total. The van der Waals surface area contributed by atoms with Crippen LogP contribution in [0.5, 0.6) is 0 Å². The van der Waals surface area contributed by atoms with E-state index in [4.69, 9.17) is 0 Å². The van der Waals surface area contributed by atoms with E-state index >= 15 is 0 Å². The number of rotatable bonds is 3. The Balaban J connectivity index is 1.83. The van der Waals surface area contributed by atoms with Gasteiger partial charge in [0.1, 0.15) is 11.7 Å². The third kappa shape index (κ3) is 2.33. The van der Waals surface area contributed by atoms with Gasteiger partial charge in [-0.1, -0.05) is 6.07 Å². The maximum absolute atomic E-state index is 11.2. The Labute approximate surface area is 111 Å². The van der Waals surface area contributed by atoms with Crippen molar-refractivity contribution in [1.29, 1.82) is 0 Å². The summed E-state index contributed by atoms with van der Waals surface area (Å²) in [7, 11) is 0. The molecule has 3 rings (SSSR count). The van der Waals surface area contributed by atoms with Crippen molar-refractivity contribution in [3.8, 4) is 0 Å². The summed E-state index contributed by atoms with van der Waals surface area (Å²) < 4.78 is 2.00. The van der Waals surface area contributed by atoms with E-state index in [0.717, 1.165) is 30.7 Å². The molecule has 0 saturated carbocycles. The predicted molar refractivity (Wildman–Crippen MR) is 71.0 cm³/mol. The summed E-state index contributed by atoms with van der Waals surface area (Å²) in [6.45, 7) is 3.49. The first kappa shape index (κ1) is 12.2. The zero-order valence-corrected chi connectivity index (χ0v) is 10.9. The Morgan fingerprint density at radius 3 is 3.11 bits per heavy atom.